The lowest BCUT2D eigenvalue weighted by molar-refractivity contribution is 0.252. The minimum absolute atomic E-state index is 0.460. The van der Waals surface area contributed by atoms with E-state index >= 15 is 0 Å². The highest BCUT2D eigenvalue weighted by molar-refractivity contribution is 5.83. The van der Waals surface area contributed by atoms with E-state index in [0.717, 1.165) is 42.7 Å². The van der Waals surface area contributed by atoms with Crippen molar-refractivity contribution in [2.24, 2.45) is 0 Å². The molecule has 0 unspecified atom stereocenters. The number of fused-ring (bicyclic) bond motifs is 1. The number of aromatic nitrogens is 1. The van der Waals surface area contributed by atoms with E-state index in [0.29, 0.717) is 11.6 Å². The first kappa shape index (κ1) is 13.8. The molecule has 1 aromatic heterocycles. The molecule has 1 aliphatic heterocycles. The molecule has 2 heterocycles. The fraction of sp³-hybridized carbons (Fsp3) is 0.412. The van der Waals surface area contributed by atoms with Gasteiger partial charge in [0.25, 0.3) is 0 Å². The number of hydrogen-bond acceptors (Lipinski definition) is 4. The molecule has 108 valence electrons. The summed E-state index contributed by atoms with van der Waals surface area (Å²) in [4.78, 5) is 9.27. The highest BCUT2D eigenvalue weighted by Gasteiger charge is 2.23. The molecule has 1 saturated heterocycles. The zero-order chi connectivity index (χ0) is 14.8. The molecule has 0 aliphatic carbocycles. The number of anilines is 1. The van der Waals surface area contributed by atoms with Gasteiger partial charge in [0.2, 0.25) is 0 Å². The first-order valence-electron chi connectivity index (χ1n) is 7.40. The van der Waals surface area contributed by atoms with E-state index in [-0.39, 0.29) is 0 Å². The molecular weight excluding hydrogens is 260 g/mol. The van der Waals surface area contributed by atoms with E-state index in [9.17, 15) is 5.26 Å². The molecule has 4 heteroatoms. The van der Waals surface area contributed by atoms with Crippen molar-refractivity contribution < 1.29 is 0 Å². The van der Waals surface area contributed by atoms with Crippen LogP contribution in [0.2, 0.25) is 0 Å². The monoisotopic (exact) mass is 280 g/mol. The van der Waals surface area contributed by atoms with Gasteiger partial charge in [-0.05, 0) is 45.1 Å². The van der Waals surface area contributed by atoms with Crippen molar-refractivity contribution in [3.05, 3.63) is 35.9 Å². The number of piperidine rings is 1. The average molecular weight is 280 g/mol. The molecule has 21 heavy (non-hydrogen) atoms. The first-order chi connectivity index (χ1) is 10.2. The Hall–Kier alpha value is -2.12. The van der Waals surface area contributed by atoms with Crippen LogP contribution in [0.3, 0.4) is 0 Å². The van der Waals surface area contributed by atoms with Gasteiger partial charge in [-0.25, -0.2) is 4.98 Å². The summed E-state index contributed by atoms with van der Waals surface area (Å²) in [6, 6.07) is 12.7. The van der Waals surface area contributed by atoms with E-state index in [1.165, 1.54) is 0 Å². The highest BCUT2D eigenvalue weighted by Crippen LogP contribution is 2.26. The Morgan fingerprint density at radius 1 is 1.29 bits per heavy atom. The predicted molar refractivity (Wildman–Crippen MR) is 85.4 cm³/mol. The Morgan fingerprint density at radius 2 is 2.00 bits per heavy atom. The number of nitrogens with zero attached hydrogens (tertiary/aromatic N) is 4. The average Bonchev–Trinajstić information content (AvgIpc) is 2.53. The fourth-order valence-electron chi connectivity index (χ4n) is 3.01. The molecule has 3 rings (SSSR count). The highest BCUT2D eigenvalue weighted by atomic mass is 15.2. The van der Waals surface area contributed by atoms with Crippen LogP contribution in [-0.4, -0.2) is 43.1 Å². The Kier molecular flexibility index (Phi) is 3.76. The molecular formula is C17H20N4. The van der Waals surface area contributed by atoms with Crippen LogP contribution < -0.4 is 4.90 Å². The van der Waals surface area contributed by atoms with Crippen LogP contribution in [0.5, 0.6) is 0 Å². The summed E-state index contributed by atoms with van der Waals surface area (Å²) in [7, 11) is 4.22. The van der Waals surface area contributed by atoms with E-state index in [1.54, 1.807) is 0 Å². The lowest BCUT2D eigenvalue weighted by Crippen LogP contribution is -2.42. The second-order valence-electron chi connectivity index (χ2n) is 5.81. The van der Waals surface area contributed by atoms with Crippen LogP contribution >= 0.6 is 0 Å². The number of benzene rings is 1. The number of likely N-dealkylation sites (tertiary alicyclic amines) is 1. The van der Waals surface area contributed by atoms with Crippen LogP contribution in [0.1, 0.15) is 18.4 Å². The quantitative estimate of drug-likeness (QED) is 0.848. The smallest absolute Gasteiger partial charge is 0.147 e. The summed E-state index contributed by atoms with van der Waals surface area (Å²) >= 11 is 0. The molecule has 0 radical (unpaired) electrons. The largest absolute Gasteiger partial charge is 0.355 e. The summed E-state index contributed by atoms with van der Waals surface area (Å²) in [5, 5.41) is 10.5. The molecule has 0 atom stereocenters. The fourth-order valence-corrected chi connectivity index (χ4v) is 3.01. The van der Waals surface area contributed by atoms with Crippen LogP contribution in [0.15, 0.2) is 30.3 Å². The normalized spacial score (nSPS) is 16.8. The predicted octanol–water partition coefficient (Wildman–Crippen LogP) is 2.64. The summed E-state index contributed by atoms with van der Waals surface area (Å²) in [6.07, 6.45) is 2.23. The van der Waals surface area contributed by atoms with Gasteiger partial charge in [-0.2, -0.15) is 5.26 Å². The molecule has 0 bridgehead atoms. The van der Waals surface area contributed by atoms with Crippen molar-refractivity contribution in [3.63, 3.8) is 0 Å². The number of para-hydroxylation sites is 1. The minimum Gasteiger partial charge on any atom is -0.355 e. The van der Waals surface area contributed by atoms with Gasteiger partial charge in [-0.15, -0.1) is 0 Å². The van der Waals surface area contributed by atoms with Gasteiger partial charge in [-0.1, -0.05) is 18.2 Å². The van der Waals surface area contributed by atoms with Gasteiger partial charge < -0.3 is 9.80 Å². The zero-order valence-electron chi connectivity index (χ0n) is 12.6. The van der Waals surface area contributed by atoms with Gasteiger partial charge in [0.1, 0.15) is 11.9 Å². The zero-order valence-corrected chi connectivity index (χ0v) is 12.6. The van der Waals surface area contributed by atoms with Crippen molar-refractivity contribution in [2.45, 2.75) is 18.9 Å². The molecule has 1 aromatic carbocycles. The van der Waals surface area contributed by atoms with Crippen LogP contribution in [-0.2, 0) is 0 Å². The minimum atomic E-state index is 0.460. The molecule has 1 fully saturated rings. The second kappa shape index (κ2) is 5.71. The number of rotatable bonds is 2. The SMILES string of the molecule is CN1CCC(N(C)c2nc3ccccc3cc2C#N)CC1. The standard InChI is InChI=1S/C17H20N4/c1-20-9-7-15(8-10-20)21(2)17-14(12-18)11-13-5-3-4-6-16(13)19-17/h3-6,11,15H,7-10H2,1-2H3. The number of nitriles is 1. The molecule has 0 saturated carbocycles. The van der Waals surface area contributed by atoms with E-state index in [2.05, 4.69) is 30.0 Å². The van der Waals surface area contributed by atoms with E-state index < -0.39 is 0 Å². The molecule has 2 aromatic rings. The molecule has 1 aliphatic rings. The summed E-state index contributed by atoms with van der Waals surface area (Å²) in [5.41, 5.74) is 1.61. The molecule has 0 N–H and O–H groups in total. The van der Waals surface area contributed by atoms with Crippen molar-refractivity contribution in [1.82, 2.24) is 9.88 Å². The topological polar surface area (TPSA) is 43.2 Å². The third kappa shape index (κ3) is 2.70. The number of pyridine rings is 1. The third-order valence-electron chi connectivity index (χ3n) is 4.39. The Balaban J connectivity index is 1.96. The van der Waals surface area contributed by atoms with Gasteiger partial charge >= 0.3 is 0 Å². The molecule has 0 amide bonds. The van der Waals surface area contributed by atoms with Gasteiger partial charge in [0.05, 0.1) is 11.1 Å². The van der Waals surface area contributed by atoms with Crippen molar-refractivity contribution in [1.29, 1.82) is 5.26 Å². The van der Waals surface area contributed by atoms with Crippen molar-refractivity contribution in [3.8, 4) is 6.07 Å². The number of hydrogen-bond donors (Lipinski definition) is 0. The second-order valence-corrected chi connectivity index (χ2v) is 5.81. The Labute approximate surface area is 125 Å². The van der Waals surface area contributed by atoms with Crippen molar-refractivity contribution >= 4 is 16.7 Å². The Morgan fingerprint density at radius 3 is 2.71 bits per heavy atom. The molecule has 4 nitrogen and oxygen atoms in total. The van der Waals surface area contributed by atoms with Crippen LogP contribution in [0, 0.1) is 11.3 Å². The molecule has 0 spiro atoms. The maximum absolute atomic E-state index is 9.44. The van der Waals surface area contributed by atoms with Crippen molar-refractivity contribution in [2.75, 3.05) is 32.1 Å². The van der Waals surface area contributed by atoms with Crippen LogP contribution in [0.25, 0.3) is 10.9 Å². The Bertz CT molecular complexity index is 681. The lowest BCUT2D eigenvalue weighted by Gasteiger charge is -2.36. The third-order valence-corrected chi connectivity index (χ3v) is 4.39. The maximum Gasteiger partial charge on any atom is 0.147 e. The summed E-state index contributed by atoms with van der Waals surface area (Å²) < 4.78 is 0. The first-order valence-corrected chi connectivity index (χ1v) is 7.40. The van der Waals surface area contributed by atoms with Gasteiger partial charge in [0, 0.05) is 18.5 Å². The summed E-state index contributed by atoms with van der Waals surface area (Å²) in [5.74, 6) is 0.811. The van der Waals surface area contributed by atoms with Gasteiger partial charge in [0.15, 0.2) is 0 Å². The summed E-state index contributed by atoms with van der Waals surface area (Å²) in [6.45, 7) is 2.20. The van der Waals surface area contributed by atoms with Crippen LogP contribution in [0.4, 0.5) is 5.82 Å². The lowest BCUT2D eigenvalue weighted by atomic mass is 10.0. The maximum atomic E-state index is 9.44. The van der Waals surface area contributed by atoms with Gasteiger partial charge in [-0.3, -0.25) is 0 Å². The van der Waals surface area contributed by atoms with E-state index in [4.69, 9.17) is 4.98 Å². The van der Waals surface area contributed by atoms with E-state index in [1.807, 2.05) is 30.3 Å².